The molecule has 3 heterocycles. The van der Waals surface area contributed by atoms with Gasteiger partial charge >= 0.3 is 6.03 Å². The molecule has 2 aromatic heterocycles. The van der Waals surface area contributed by atoms with Gasteiger partial charge in [-0.3, -0.25) is 14.6 Å². The minimum absolute atomic E-state index is 0.324. The fourth-order valence-corrected chi connectivity index (χ4v) is 3.61. The molecule has 0 saturated heterocycles. The lowest BCUT2D eigenvalue weighted by molar-refractivity contribution is -0.110. The first-order valence-corrected chi connectivity index (χ1v) is 9.55. The molecule has 0 fully saturated rings. The van der Waals surface area contributed by atoms with Crippen molar-refractivity contribution in [1.29, 1.82) is 0 Å². The summed E-state index contributed by atoms with van der Waals surface area (Å²) in [5.41, 5.74) is 15.4. The van der Waals surface area contributed by atoms with Crippen molar-refractivity contribution in [2.75, 3.05) is 10.6 Å². The van der Waals surface area contributed by atoms with Crippen LogP contribution in [0.15, 0.2) is 48.9 Å². The van der Waals surface area contributed by atoms with E-state index in [1.165, 1.54) is 0 Å². The number of aromatic nitrogens is 2. The lowest BCUT2D eigenvalue weighted by Gasteiger charge is -2.05. The number of amides is 4. The highest BCUT2D eigenvalue weighted by Crippen LogP contribution is 2.35. The van der Waals surface area contributed by atoms with Crippen LogP contribution in [0.5, 0.6) is 0 Å². The average Bonchev–Trinajstić information content (AvgIpc) is 3.28. The number of nitrogens with two attached hydrogens (primary N) is 2. The number of benzene rings is 1. The summed E-state index contributed by atoms with van der Waals surface area (Å²) in [7, 11) is 0. The van der Waals surface area contributed by atoms with Crippen molar-refractivity contribution in [3.8, 4) is 0 Å². The third-order valence-corrected chi connectivity index (χ3v) is 5.03. The molecular weight excluding hydrogens is 396 g/mol. The van der Waals surface area contributed by atoms with E-state index in [2.05, 4.69) is 20.6 Å². The number of hydrogen-bond acceptors (Lipinski definition) is 4. The standard InChI is InChI=1S/C22H20N6O3/c23-20(29)19-13(2-1-12-5-7-25-8-6-12)11-26-18(19)10-16-15-9-14(27-22(24)31)3-4-17(15)28-21(16)30/h3-11,26H,1-2H2,(H2,23,29)(H,28,30)(H3,24,27,31). The second kappa shape index (κ2) is 8.15. The maximum Gasteiger partial charge on any atom is 0.316 e. The highest BCUT2D eigenvalue weighted by Gasteiger charge is 2.26. The molecule has 156 valence electrons. The summed E-state index contributed by atoms with van der Waals surface area (Å²) in [4.78, 5) is 42.9. The predicted molar refractivity (Wildman–Crippen MR) is 117 cm³/mol. The van der Waals surface area contributed by atoms with Crippen LogP contribution in [0.3, 0.4) is 0 Å². The fraction of sp³-hybridized carbons (Fsp3) is 0.0909. The average molecular weight is 416 g/mol. The molecule has 1 aliphatic rings. The van der Waals surface area contributed by atoms with Gasteiger partial charge in [0.25, 0.3) is 11.8 Å². The van der Waals surface area contributed by atoms with Gasteiger partial charge in [0.2, 0.25) is 0 Å². The molecular formula is C22H20N6O3. The Morgan fingerprint density at radius 1 is 1.10 bits per heavy atom. The maximum absolute atomic E-state index is 12.5. The van der Waals surface area contributed by atoms with Crippen LogP contribution in [0, 0.1) is 0 Å². The Bertz CT molecular complexity index is 1210. The highest BCUT2D eigenvalue weighted by atomic mass is 16.2. The Kier molecular flexibility index (Phi) is 5.23. The second-order valence-corrected chi connectivity index (χ2v) is 7.08. The number of aryl methyl sites for hydroxylation is 2. The number of aromatic amines is 1. The summed E-state index contributed by atoms with van der Waals surface area (Å²) in [5.74, 6) is -0.907. The SMILES string of the molecule is NC(=O)Nc1ccc2c(c1)C(=Cc1[nH]cc(CCc3ccncc3)c1C(N)=O)C(=O)N2. The van der Waals surface area contributed by atoms with Gasteiger partial charge in [0.05, 0.1) is 16.8 Å². The Balaban J connectivity index is 1.67. The zero-order valence-electron chi connectivity index (χ0n) is 16.4. The number of pyridine rings is 1. The minimum atomic E-state index is -0.706. The predicted octanol–water partition coefficient (Wildman–Crippen LogP) is 2.28. The summed E-state index contributed by atoms with van der Waals surface area (Å²) in [6, 6.07) is 8.06. The molecule has 0 atom stereocenters. The number of nitrogens with zero attached hydrogens (tertiary/aromatic N) is 1. The first kappa shape index (κ1) is 19.9. The molecule has 1 aromatic carbocycles. The molecule has 0 aliphatic carbocycles. The Labute approximate surface area is 177 Å². The van der Waals surface area contributed by atoms with E-state index in [0.717, 1.165) is 11.1 Å². The zero-order valence-corrected chi connectivity index (χ0v) is 16.4. The van der Waals surface area contributed by atoms with Crippen molar-refractivity contribution in [2.45, 2.75) is 12.8 Å². The normalized spacial score (nSPS) is 13.7. The van der Waals surface area contributed by atoms with E-state index >= 15 is 0 Å². The summed E-state index contributed by atoms with van der Waals surface area (Å²) >= 11 is 0. The number of fused-ring (bicyclic) bond motifs is 1. The second-order valence-electron chi connectivity index (χ2n) is 7.08. The molecule has 0 radical (unpaired) electrons. The molecule has 0 spiro atoms. The van der Waals surface area contributed by atoms with Crippen LogP contribution < -0.4 is 22.1 Å². The van der Waals surface area contributed by atoms with Crippen molar-refractivity contribution in [3.05, 3.63) is 76.9 Å². The topological polar surface area (TPSA) is 156 Å². The van der Waals surface area contributed by atoms with Gasteiger partial charge in [-0.05, 0) is 60.4 Å². The summed E-state index contributed by atoms with van der Waals surface area (Å²) in [6.07, 6.45) is 8.06. The van der Waals surface area contributed by atoms with E-state index in [1.54, 1.807) is 42.9 Å². The third-order valence-electron chi connectivity index (χ3n) is 5.03. The minimum Gasteiger partial charge on any atom is -0.366 e. The van der Waals surface area contributed by atoms with Crippen LogP contribution in [0.2, 0.25) is 0 Å². The number of urea groups is 1. The monoisotopic (exact) mass is 416 g/mol. The zero-order chi connectivity index (χ0) is 22.0. The largest absolute Gasteiger partial charge is 0.366 e. The molecule has 9 heteroatoms. The van der Waals surface area contributed by atoms with Gasteiger partial charge in [-0.15, -0.1) is 0 Å². The van der Waals surface area contributed by atoms with E-state index in [0.29, 0.717) is 46.6 Å². The van der Waals surface area contributed by atoms with E-state index in [9.17, 15) is 14.4 Å². The number of anilines is 2. The molecule has 9 nitrogen and oxygen atoms in total. The summed E-state index contributed by atoms with van der Waals surface area (Å²) in [5, 5.41) is 5.25. The van der Waals surface area contributed by atoms with Crippen LogP contribution in [0.25, 0.3) is 11.6 Å². The summed E-state index contributed by atoms with van der Waals surface area (Å²) in [6.45, 7) is 0. The molecule has 0 unspecified atom stereocenters. The van der Waals surface area contributed by atoms with E-state index in [1.807, 2.05) is 12.1 Å². The lowest BCUT2D eigenvalue weighted by atomic mass is 10.00. The van der Waals surface area contributed by atoms with Crippen molar-refractivity contribution in [1.82, 2.24) is 9.97 Å². The van der Waals surface area contributed by atoms with Crippen LogP contribution >= 0.6 is 0 Å². The van der Waals surface area contributed by atoms with Crippen LogP contribution in [0.1, 0.15) is 32.7 Å². The first-order chi connectivity index (χ1) is 14.9. The van der Waals surface area contributed by atoms with Crippen LogP contribution in [-0.2, 0) is 17.6 Å². The maximum atomic E-state index is 12.5. The molecule has 4 rings (SSSR count). The van der Waals surface area contributed by atoms with Crippen molar-refractivity contribution in [3.63, 3.8) is 0 Å². The highest BCUT2D eigenvalue weighted by molar-refractivity contribution is 6.35. The lowest BCUT2D eigenvalue weighted by Crippen LogP contribution is -2.19. The van der Waals surface area contributed by atoms with Crippen molar-refractivity contribution < 1.29 is 14.4 Å². The van der Waals surface area contributed by atoms with E-state index < -0.39 is 11.9 Å². The third kappa shape index (κ3) is 4.15. The van der Waals surface area contributed by atoms with Crippen LogP contribution in [-0.4, -0.2) is 27.8 Å². The number of carbonyl (C=O) groups excluding carboxylic acids is 3. The van der Waals surface area contributed by atoms with Crippen molar-refractivity contribution in [2.24, 2.45) is 11.5 Å². The number of carbonyl (C=O) groups is 3. The summed E-state index contributed by atoms with van der Waals surface area (Å²) < 4.78 is 0. The number of hydrogen-bond donors (Lipinski definition) is 5. The molecule has 4 amide bonds. The Hall–Kier alpha value is -4.40. The van der Waals surface area contributed by atoms with Gasteiger partial charge in [-0.2, -0.15) is 0 Å². The molecule has 1 aliphatic heterocycles. The number of H-pyrrole nitrogens is 1. The van der Waals surface area contributed by atoms with Gasteiger partial charge < -0.3 is 27.1 Å². The Morgan fingerprint density at radius 2 is 1.87 bits per heavy atom. The molecule has 0 saturated carbocycles. The van der Waals surface area contributed by atoms with E-state index in [4.69, 9.17) is 11.5 Å². The number of rotatable bonds is 6. The first-order valence-electron chi connectivity index (χ1n) is 9.55. The number of primary amides is 2. The molecule has 31 heavy (non-hydrogen) atoms. The quantitative estimate of drug-likeness (QED) is 0.391. The van der Waals surface area contributed by atoms with E-state index in [-0.39, 0.29) is 5.91 Å². The molecule has 7 N–H and O–H groups in total. The molecule has 3 aromatic rings. The van der Waals surface area contributed by atoms with Gasteiger partial charge in [0.1, 0.15) is 0 Å². The van der Waals surface area contributed by atoms with Gasteiger partial charge in [0, 0.05) is 35.5 Å². The van der Waals surface area contributed by atoms with Crippen molar-refractivity contribution >= 4 is 40.9 Å². The van der Waals surface area contributed by atoms with Gasteiger partial charge in [0.15, 0.2) is 0 Å². The smallest absolute Gasteiger partial charge is 0.316 e. The molecule has 0 bridgehead atoms. The fourth-order valence-electron chi connectivity index (χ4n) is 3.61. The Morgan fingerprint density at radius 3 is 2.58 bits per heavy atom. The number of nitrogens with one attached hydrogen (secondary N) is 3. The van der Waals surface area contributed by atoms with Gasteiger partial charge in [-0.25, -0.2) is 4.79 Å². The van der Waals surface area contributed by atoms with Crippen LogP contribution in [0.4, 0.5) is 16.2 Å². The van der Waals surface area contributed by atoms with Gasteiger partial charge in [-0.1, -0.05) is 0 Å².